The van der Waals surface area contributed by atoms with Gasteiger partial charge in [-0.25, -0.2) is 8.78 Å². The van der Waals surface area contributed by atoms with Crippen molar-refractivity contribution in [2.24, 2.45) is 5.41 Å². The Morgan fingerprint density at radius 1 is 1.35 bits per heavy atom. The van der Waals surface area contributed by atoms with E-state index in [1.807, 2.05) is 0 Å². The minimum absolute atomic E-state index is 0.0294. The molecule has 1 aromatic carbocycles. The Balaban J connectivity index is 2.86. The zero-order chi connectivity index (χ0) is 13.2. The first-order valence-electron chi connectivity index (χ1n) is 5.37. The first-order chi connectivity index (χ1) is 7.73. The van der Waals surface area contributed by atoms with Crippen LogP contribution in [0.3, 0.4) is 0 Å². The molecule has 1 N–H and O–H groups in total. The van der Waals surface area contributed by atoms with Gasteiger partial charge in [0.15, 0.2) is 17.4 Å². The van der Waals surface area contributed by atoms with Gasteiger partial charge in [0.2, 0.25) is 0 Å². The quantitative estimate of drug-likeness (QED) is 0.884. The van der Waals surface area contributed by atoms with Gasteiger partial charge < -0.3 is 5.11 Å². The maximum absolute atomic E-state index is 13.3. The summed E-state index contributed by atoms with van der Waals surface area (Å²) in [7, 11) is 0. The number of carbonyl (C=O) groups excluding carboxylic acids is 1. The van der Waals surface area contributed by atoms with Crippen LogP contribution in [0.2, 0.25) is 0 Å². The van der Waals surface area contributed by atoms with Crippen molar-refractivity contribution in [3.05, 3.63) is 35.4 Å². The minimum atomic E-state index is -1.19. The van der Waals surface area contributed by atoms with Crippen LogP contribution in [0.4, 0.5) is 8.78 Å². The molecule has 0 aliphatic heterocycles. The maximum Gasteiger partial charge on any atom is 0.166 e. The lowest BCUT2D eigenvalue weighted by Gasteiger charge is -2.24. The normalized spacial score (nSPS) is 13.5. The Kier molecular flexibility index (Phi) is 3.98. The summed E-state index contributed by atoms with van der Waals surface area (Å²) in [5.41, 5.74) is -0.640. The molecule has 0 heterocycles. The Morgan fingerprint density at radius 2 is 1.94 bits per heavy atom. The van der Waals surface area contributed by atoms with Crippen LogP contribution in [-0.2, 0) is 11.2 Å². The van der Waals surface area contributed by atoms with Crippen LogP contribution in [0.15, 0.2) is 18.2 Å². The fourth-order valence-corrected chi connectivity index (χ4v) is 1.45. The average Bonchev–Trinajstić information content (AvgIpc) is 2.22. The number of halogens is 2. The number of ketones is 1. The number of aliphatic hydroxyl groups is 1. The van der Waals surface area contributed by atoms with E-state index < -0.39 is 28.9 Å². The standard InChI is InChI=1S/C13H16F2O2/c1-13(2,3)12(17)10(16)7-8-5-4-6-9(14)11(8)15/h4-6,12,17H,7H2,1-3H3. The molecule has 0 saturated carbocycles. The second-order valence-corrected chi connectivity index (χ2v) is 5.12. The van der Waals surface area contributed by atoms with E-state index in [9.17, 15) is 18.7 Å². The molecule has 17 heavy (non-hydrogen) atoms. The topological polar surface area (TPSA) is 37.3 Å². The van der Waals surface area contributed by atoms with Crippen molar-refractivity contribution >= 4 is 5.78 Å². The molecule has 0 aliphatic rings. The molecule has 0 spiro atoms. The Bertz CT molecular complexity index is 422. The van der Waals surface area contributed by atoms with Crippen molar-refractivity contribution in [1.82, 2.24) is 0 Å². The highest BCUT2D eigenvalue weighted by Gasteiger charge is 2.29. The number of benzene rings is 1. The van der Waals surface area contributed by atoms with Gasteiger partial charge in [0.25, 0.3) is 0 Å². The molecule has 1 rings (SSSR count). The second-order valence-electron chi connectivity index (χ2n) is 5.12. The third-order valence-electron chi connectivity index (χ3n) is 2.52. The van der Waals surface area contributed by atoms with Gasteiger partial charge in [0, 0.05) is 6.42 Å². The number of aliphatic hydroxyl groups excluding tert-OH is 1. The first kappa shape index (κ1) is 13.8. The van der Waals surface area contributed by atoms with Gasteiger partial charge in [-0.2, -0.15) is 0 Å². The highest BCUT2D eigenvalue weighted by Crippen LogP contribution is 2.22. The molecule has 0 radical (unpaired) electrons. The van der Waals surface area contributed by atoms with Gasteiger partial charge in [0.05, 0.1) is 0 Å². The van der Waals surface area contributed by atoms with Crippen molar-refractivity contribution < 1.29 is 18.7 Å². The van der Waals surface area contributed by atoms with Crippen molar-refractivity contribution in [2.75, 3.05) is 0 Å². The molecule has 4 heteroatoms. The molecule has 0 bridgehead atoms. The molecule has 0 aliphatic carbocycles. The summed E-state index contributed by atoms with van der Waals surface area (Å²) < 4.78 is 26.2. The Hall–Kier alpha value is -1.29. The SMILES string of the molecule is CC(C)(C)C(O)C(=O)Cc1cccc(F)c1F. The van der Waals surface area contributed by atoms with Gasteiger partial charge in [-0.15, -0.1) is 0 Å². The molecule has 0 saturated heterocycles. The smallest absolute Gasteiger partial charge is 0.166 e. The number of hydrogen-bond donors (Lipinski definition) is 1. The third kappa shape index (κ3) is 3.33. The number of rotatable bonds is 3. The predicted octanol–water partition coefficient (Wildman–Crippen LogP) is 2.48. The number of Topliss-reactive ketones (excluding diaryl/α,β-unsaturated/α-hetero) is 1. The molecular weight excluding hydrogens is 226 g/mol. The molecule has 1 unspecified atom stereocenters. The van der Waals surface area contributed by atoms with E-state index in [1.165, 1.54) is 12.1 Å². The molecule has 1 aromatic rings. The highest BCUT2D eigenvalue weighted by molar-refractivity contribution is 5.85. The molecule has 0 aromatic heterocycles. The fraction of sp³-hybridized carbons (Fsp3) is 0.462. The van der Waals surface area contributed by atoms with Crippen molar-refractivity contribution in [1.29, 1.82) is 0 Å². The summed E-state index contributed by atoms with van der Waals surface area (Å²) in [6.45, 7) is 5.12. The van der Waals surface area contributed by atoms with Crippen LogP contribution in [0.5, 0.6) is 0 Å². The lowest BCUT2D eigenvalue weighted by molar-refractivity contribution is -0.131. The summed E-state index contributed by atoms with van der Waals surface area (Å²) in [5.74, 6) is -2.52. The average molecular weight is 242 g/mol. The molecule has 0 amide bonds. The van der Waals surface area contributed by atoms with Crippen molar-refractivity contribution in [3.63, 3.8) is 0 Å². The van der Waals surface area contributed by atoms with Crippen molar-refractivity contribution in [2.45, 2.75) is 33.3 Å². The largest absolute Gasteiger partial charge is 0.385 e. The summed E-state index contributed by atoms with van der Waals surface area (Å²) in [4.78, 5) is 11.7. The van der Waals surface area contributed by atoms with Crippen LogP contribution < -0.4 is 0 Å². The van der Waals surface area contributed by atoms with Crippen LogP contribution >= 0.6 is 0 Å². The monoisotopic (exact) mass is 242 g/mol. The minimum Gasteiger partial charge on any atom is -0.385 e. The van der Waals surface area contributed by atoms with Gasteiger partial charge in [-0.3, -0.25) is 4.79 Å². The van der Waals surface area contributed by atoms with E-state index in [0.717, 1.165) is 6.07 Å². The van der Waals surface area contributed by atoms with Gasteiger partial charge in [0.1, 0.15) is 6.10 Å². The van der Waals surface area contributed by atoms with Crippen LogP contribution in [-0.4, -0.2) is 17.0 Å². The third-order valence-corrected chi connectivity index (χ3v) is 2.52. The van der Waals surface area contributed by atoms with Gasteiger partial charge >= 0.3 is 0 Å². The zero-order valence-electron chi connectivity index (χ0n) is 10.1. The van der Waals surface area contributed by atoms with Crippen molar-refractivity contribution in [3.8, 4) is 0 Å². The molecular formula is C13H16F2O2. The molecule has 0 fully saturated rings. The second kappa shape index (κ2) is 4.92. The number of carbonyl (C=O) groups is 1. The van der Waals surface area contributed by atoms with E-state index in [-0.39, 0.29) is 12.0 Å². The van der Waals surface area contributed by atoms with Crippen LogP contribution in [0.25, 0.3) is 0 Å². The van der Waals surface area contributed by atoms with E-state index in [0.29, 0.717) is 0 Å². The molecule has 2 nitrogen and oxygen atoms in total. The van der Waals surface area contributed by atoms with Gasteiger partial charge in [-0.05, 0) is 17.0 Å². The zero-order valence-corrected chi connectivity index (χ0v) is 10.1. The number of hydrogen-bond acceptors (Lipinski definition) is 2. The molecule has 94 valence electrons. The van der Waals surface area contributed by atoms with E-state index in [2.05, 4.69) is 0 Å². The fourth-order valence-electron chi connectivity index (χ4n) is 1.45. The maximum atomic E-state index is 13.3. The highest BCUT2D eigenvalue weighted by atomic mass is 19.2. The van der Waals surface area contributed by atoms with E-state index in [4.69, 9.17) is 0 Å². The first-order valence-corrected chi connectivity index (χ1v) is 5.37. The summed E-state index contributed by atoms with van der Waals surface area (Å²) in [6, 6.07) is 3.67. The molecule has 1 atom stereocenters. The van der Waals surface area contributed by atoms with Crippen LogP contribution in [0, 0.1) is 17.0 Å². The summed E-state index contributed by atoms with van der Waals surface area (Å²) >= 11 is 0. The summed E-state index contributed by atoms with van der Waals surface area (Å²) in [6.07, 6.45) is -1.49. The lowest BCUT2D eigenvalue weighted by Crippen LogP contribution is -2.35. The Morgan fingerprint density at radius 3 is 2.47 bits per heavy atom. The summed E-state index contributed by atoms with van der Waals surface area (Å²) in [5, 5.41) is 9.71. The Labute approximate surface area is 99.3 Å². The predicted molar refractivity (Wildman–Crippen MR) is 60.5 cm³/mol. The lowest BCUT2D eigenvalue weighted by atomic mass is 9.85. The van der Waals surface area contributed by atoms with E-state index in [1.54, 1.807) is 20.8 Å². The van der Waals surface area contributed by atoms with E-state index >= 15 is 0 Å². The van der Waals surface area contributed by atoms with Crippen LogP contribution in [0.1, 0.15) is 26.3 Å². The van der Waals surface area contributed by atoms with Gasteiger partial charge in [-0.1, -0.05) is 32.9 Å².